The Morgan fingerprint density at radius 3 is 2.60 bits per heavy atom. The highest BCUT2D eigenvalue weighted by Gasteiger charge is 2.16. The number of nitrogens with zero attached hydrogens (tertiary/aromatic N) is 1. The van der Waals surface area contributed by atoms with Crippen molar-refractivity contribution in [3.63, 3.8) is 0 Å². The lowest BCUT2D eigenvalue weighted by atomic mass is 10.0. The molecule has 112 valence electrons. The smallest absolute Gasteiger partial charge is 0.123 e. The largest absolute Gasteiger partial charge is 0.387 e. The quantitative estimate of drug-likeness (QED) is 0.822. The van der Waals surface area contributed by atoms with Gasteiger partial charge in [-0.25, -0.2) is 4.39 Å². The predicted octanol–water partition coefficient (Wildman–Crippen LogP) is 1.17. The van der Waals surface area contributed by atoms with Gasteiger partial charge in [-0.2, -0.15) is 0 Å². The fraction of sp³-hybridized carbons (Fsp3) is 0.600. The molecule has 0 aromatic heterocycles. The van der Waals surface area contributed by atoms with Crippen LogP contribution in [0.3, 0.4) is 0 Å². The van der Waals surface area contributed by atoms with E-state index in [0.29, 0.717) is 0 Å². The number of benzene rings is 1. The molecule has 0 saturated carbocycles. The van der Waals surface area contributed by atoms with Crippen LogP contribution in [0.5, 0.6) is 0 Å². The highest BCUT2D eigenvalue weighted by molar-refractivity contribution is 5.19. The van der Waals surface area contributed by atoms with Crippen LogP contribution >= 0.6 is 0 Å². The van der Waals surface area contributed by atoms with Crippen molar-refractivity contribution in [2.75, 3.05) is 39.4 Å². The summed E-state index contributed by atoms with van der Waals surface area (Å²) in [5.74, 6) is -0.283. The molecule has 0 spiro atoms. The fourth-order valence-corrected chi connectivity index (χ4v) is 2.34. The number of rotatable bonds is 6. The monoisotopic (exact) mass is 282 g/mol. The Bertz CT molecular complexity index is 393. The molecule has 20 heavy (non-hydrogen) atoms. The molecule has 1 heterocycles. The molecule has 1 aliphatic heterocycles. The number of aliphatic hydroxyl groups excluding tert-OH is 1. The lowest BCUT2D eigenvalue weighted by Crippen LogP contribution is -2.42. The lowest BCUT2D eigenvalue weighted by Gasteiger charge is -2.28. The van der Waals surface area contributed by atoms with Crippen molar-refractivity contribution in [3.05, 3.63) is 35.6 Å². The molecule has 2 N–H and O–H groups in total. The van der Waals surface area contributed by atoms with E-state index in [-0.39, 0.29) is 11.9 Å². The van der Waals surface area contributed by atoms with Crippen LogP contribution in [0.15, 0.2) is 24.3 Å². The van der Waals surface area contributed by atoms with Crippen LogP contribution in [0.25, 0.3) is 0 Å². The van der Waals surface area contributed by atoms with Gasteiger partial charge in [0.2, 0.25) is 0 Å². The van der Waals surface area contributed by atoms with Crippen LogP contribution in [-0.2, 0) is 4.74 Å². The molecule has 0 aliphatic carbocycles. The van der Waals surface area contributed by atoms with Crippen LogP contribution in [0, 0.1) is 5.82 Å². The molecule has 1 aromatic carbocycles. The van der Waals surface area contributed by atoms with Gasteiger partial charge in [0.05, 0.1) is 19.3 Å². The standard InChI is InChI=1S/C15H23FN2O2/c1-12(15(19)13-2-4-14(16)5-3-13)17-6-7-18-8-10-20-11-9-18/h2-5,12,15,17,19H,6-11H2,1H3. The Morgan fingerprint density at radius 2 is 1.95 bits per heavy atom. The minimum absolute atomic E-state index is 0.0681. The van der Waals surface area contributed by atoms with E-state index in [1.165, 1.54) is 12.1 Å². The molecule has 2 unspecified atom stereocenters. The van der Waals surface area contributed by atoms with E-state index in [0.717, 1.165) is 45.0 Å². The predicted molar refractivity (Wildman–Crippen MR) is 76.1 cm³/mol. The SMILES string of the molecule is CC(NCCN1CCOCC1)C(O)c1ccc(F)cc1. The van der Waals surface area contributed by atoms with Gasteiger partial charge in [0, 0.05) is 32.2 Å². The maximum Gasteiger partial charge on any atom is 0.123 e. The zero-order valence-corrected chi connectivity index (χ0v) is 11.9. The molecule has 2 atom stereocenters. The molecule has 0 radical (unpaired) electrons. The number of nitrogens with one attached hydrogen (secondary N) is 1. The first-order chi connectivity index (χ1) is 9.66. The van der Waals surface area contributed by atoms with Gasteiger partial charge in [-0.05, 0) is 24.6 Å². The summed E-state index contributed by atoms with van der Waals surface area (Å²) in [5, 5.41) is 13.5. The van der Waals surface area contributed by atoms with E-state index in [4.69, 9.17) is 4.74 Å². The van der Waals surface area contributed by atoms with Crippen LogP contribution in [-0.4, -0.2) is 55.4 Å². The molecule has 2 rings (SSSR count). The summed E-state index contributed by atoms with van der Waals surface area (Å²) in [7, 11) is 0. The number of halogens is 1. The Morgan fingerprint density at radius 1 is 1.30 bits per heavy atom. The summed E-state index contributed by atoms with van der Waals surface area (Å²) in [4.78, 5) is 2.34. The van der Waals surface area contributed by atoms with Crippen molar-refractivity contribution in [2.24, 2.45) is 0 Å². The highest BCUT2D eigenvalue weighted by Crippen LogP contribution is 2.16. The topological polar surface area (TPSA) is 44.7 Å². The van der Waals surface area contributed by atoms with Crippen molar-refractivity contribution < 1.29 is 14.2 Å². The second kappa shape index (κ2) is 7.69. The van der Waals surface area contributed by atoms with E-state index in [1.807, 2.05) is 6.92 Å². The Kier molecular flexibility index (Phi) is 5.91. The van der Waals surface area contributed by atoms with Crippen molar-refractivity contribution in [3.8, 4) is 0 Å². The number of hydrogen-bond acceptors (Lipinski definition) is 4. The minimum Gasteiger partial charge on any atom is -0.387 e. The Hall–Kier alpha value is -1.01. The van der Waals surface area contributed by atoms with E-state index in [9.17, 15) is 9.50 Å². The average molecular weight is 282 g/mol. The third kappa shape index (κ3) is 4.52. The highest BCUT2D eigenvalue weighted by atomic mass is 19.1. The maximum atomic E-state index is 12.8. The molecule has 1 fully saturated rings. The van der Waals surface area contributed by atoms with Crippen molar-refractivity contribution in [2.45, 2.75) is 19.1 Å². The summed E-state index contributed by atoms with van der Waals surface area (Å²) >= 11 is 0. The summed E-state index contributed by atoms with van der Waals surface area (Å²) in [6.45, 7) is 7.24. The van der Waals surface area contributed by atoms with Gasteiger partial charge >= 0.3 is 0 Å². The molecular formula is C15H23FN2O2. The van der Waals surface area contributed by atoms with E-state index in [2.05, 4.69) is 10.2 Å². The molecule has 0 amide bonds. The van der Waals surface area contributed by atoms with Gasteiger partial charge < -0.3 is 15.2 Å². The summed E-state index contributed by atoms with van der Waals surface area (Å²) in [6.07, 6.45) is -0.625. The number of hydrogen-bond donors (Lipinski definition) is 2. The van der Waals surface area contributed by atoms with Crippen LogP contribution in [0.1, 0.15) is 18.6 Å². The summed E-state index contributed by atoms with van der Waals surface area (Å²) in [6, 6.07) is 5.93. The lowest BCUT2D eigenvalue weighted by molar-refractivity contribution is 0.0372. The van der Waals surface area contributed by atoms with Crippen molar-refractivity contribution in [1.82, 2.24) is 10.2 Å². The van der Waals surface area contributed by atoms with Crippen molar-refractivity contribution in [1.29, 1.82) is 0 Å². The van der Waals surface area contributed by atoms with Gasteiger partial charge in [-0.3, -0.25) is 4.90 Å². The summed E-state index contributed by atoms with van der Waals surface area (Å²) < 4.78 is 18.1. The van der Waals surface area contributed by atoms with Crippen LogP contribution in [0.2, 0.25) is 0 Å². The summed E-state index contributed by atoms with van der Waals surface area (Å²) in [5.41, 5.74) is 0.734. The molecular weight excluding hydrogens is 259 g/mol. The van der Waals surface area contributed by atoms with Gasteiger partial charge in [0.1, 0.15) is 5.82 Å². The minimum atomic E-state index is -0.625. The average Bonchev–Trinajstić information content (AvgIpc) is 2.48. The first-order valence-electron chi connectivity index (χ1n) is 7.14. The Balaban J connectivity index is 1.73. The van der Waals surface area contributed by atoms with Crippen molar-refractivity contribution >= 4 is 0 Å². The maximum absolute atomic E-state index is 12.8. The molecule has 1 aliphatic rings. The third-order valence-electron chi connectivity index (χ3n) is 3.68. The Labute approximate surface area is 119 Å². The fourth-order valence-electron chi connectivity index (χ4n) is 2.34. The van der Waals surface area contributed by atoms with Gasteiger partial charge in [0.25, 0.3) is 0 Å². The van der Waals surface area contributed by atoms with Gasteiger partial charge in [-0.15, -0.1) is 0 Å². The van der Waals surface area contributed by atoms with Gasteiger partial charge in [0.15, 0.2) is 0 Å². The normalized spacial score (nSPS) is 19.8. The molecule has 1 aromatic rings. The first kappa shape index (κ1) is 15.4. The van der Waals surface area contributed by atoms with E-state index < -0.39 is 6.10 Å². The molecule has 5 heteroatoms. The van der Waals surface area contributed by atoms with E-state index >= 15 is 0 Å². The zero-order chi connectivity index (χ0) is 14.4. The second-order valence-corrected chi connectivity index (χ2v) is 5.19. The van der Waals surface area contributed by atoms with Crippen LogP contribution in [0.4, 0.5) is 4.39 Å². The number of morpholine rings is 1. The van der Waals surface area contributed by atoms with Crippen LogP contribution < -0.4 is 5.32 Å². The third-order valence-corrected chi connectivity index (χ3v) is 3.68. The van der Waals surface area contributed by atoms with E-state index in [1.54, 1.807) is 12.1 Å². The second-order valence-electron chi connectivity index (χ2n) is 5.19. The number of ether oxygens (including phenoxy) is 1. The molecule has 0 bridgehead atoms. The zero-order valence-electron chi connectivity index (χ0n) is 11.9. The molecule has 4 nitrogen and oxygen atoms in total. The van der Waals surface area contributed by atoms with Gasteiger partial charge in [-0.1, -0.05) is 12.1 Å². The first-order valence-corrected chi connectivity index (χ1v) is 7.14. The molecule has 1 saturated heterocycles. The number of aliphatic hydroxyl groups is 1.